The molecule has 0 amide bonds. The van der Waals surface area contributed by atoms with Crippen LogP contribution >= 0.6 is 0 Å². The van der Waals surface area contributed by atoms with Crippen LogP contribution in [0.4, 0.5) is 0 Å². The Morgan fingerprint density at radius 1 is 0.615 bits per heavy atom. The van der Waals surface area contributed by atoms with Gasteiger partial charge in [-0.3, -0.25) is 28.8 Å². The van der Waals surface area contributed by atoms with Crippen LogP contribution in [0.1, 0.15) is 79.6 Å². The van der Waals surface area contributed by atoms with Crippen LogP contribution in [-0.2, 0) is 43.0 Å². The minimum absolute atomic E-state index is 0.0890. The van der Waals surface area contributed by atoms with Crippen LogP contribution in [0.15, 0.2) is 49.1 Å². The van der Waals surface area contributed by atoms with E-state index in [0.717, 1.165) is 12.8 Å². The summed E-state index contributed by atoms with van der Waals surface area (Å²) in [5.74, 6) is -0.355. The smallest absolute Gasteiger partial charge is 0.309 e. The van der Waals surface area contributed by atoms with Crippen LogP contribution in [0.5, 0.6) is 0 Å². The highest BCUT2D eigenvalue weighted by atomic mass is 16.5. The van der Waals surface area contributed by atoms with Gasteiger partial charge in [0.05, 0.1) is 33.7 Å². The van der Waals surface area contributed by atoms with E-state index in [0.29, 0.717) is 38.9 Å². The number of hydrogen-bond donors (Lipinski definition) is 0. The molecule has 0 aromatic heterocycles. The Morgan fingerprint density at radius 2 is 1.00 bits per heavy atom. The monoisotopic (exact) mass is 551 g/mol. The van der Waals surface area contributed by atoms with Gasteiger partial charge in [-0.1, -0.05) is 36.5 Å². The summed E-state index contributed by atoms with van der Waals surface area (Å²) >= 11 is 0. The maximum absolute atomic E-state index is 10.5. The van der Waals surface area contributed by atoms with Crippen molar-refractivity contribution in [2.45, 2.75) is 79.6 Å². The van der Waals surface area contributed by atoms with Gasteiger partial charge in [0.25, 0.3) is 0 Å². The molecule has 0 atom stereocenters. The SMILES string of the molecule is C=CCCOC(C)=O.CC(=O)C/C=C\CCOC(C)=O.COC(=O)C/C=C\CC(C)=O.[CH2+]C/C=C\CC(C)=O. The summed E-state index contributed by atoms with van der Waals surface area (Å²) in [6.45, 7) is 15.3. The maximum atomic E-state index is 10.5. The number of ether oxygens (including phenoxy) is 3. The summed E-state index contributed by atoms with van der Waals surface area (Å²) < 4.78 is 13.6. The van der Waals surface area contributed by atoms with E-state index in [1.54, 1.807) is 31.2 Å². The van der Waals surface area contributed by atoms with Crippen molar-refractivity contribution in [1.29, 1.82) is 0 Å². The predicted molar refractivity (Wildman–Crippen MR) is 153 cm³/mol. The maximum Gasteiger partial charge on any atom is 0.309 e. The first-order valence-corrected chi connectivity index (χ1v) is 12.5. The fraction of sp³-hybridized carbons (Fsp3) is 0.500. The van der Waals surface area contributed by atoms with Crippen LogP contribution in [0.3, 0.4) is 0 Å². The van der Waals surface area contributed by atoms with Crippen LogP contribution in [0, 0.1) is 6.92 Å². The molecule has 0 N–H and O–H groups in total. The van der Waals surface area contributed by atoms with Crippen molar-refractivity contribution < 1.29 is 43.0 Å². The van der Waals surface area contributed by atoms with Gasteiger partial charge in [0.15, 0.2) is 0 Å². The molecule has 0 radical (unpaired) electrons. The third-order valence-corrected chi connectivity index (χ3v) is 3.61. The van der Waals surface area contributed by atoms with Gasteiger partial charge in [-0.15, -0.1) is 6.58 Å². The average Bonchev–Trinajstić information content (AvgIpc) is 2.84. The van der Waals surface area contributed by atoms with E-state index in [1.165, 1.54) is 34.8 Å². The molecule has 0 saturated carbocycles. The highest BCUT2D eigenvalue weighted by Crippen LogP contribution is 1.91. The van der Waals surface area contributed by atoms with Gasteiger partial charge in [-0.05, 0) is 39.7 Å². The van der Waals surface area contributed by atoms with E-state index in [2.05, 4.69) is 27.7 Å². The summed E-state index contributed by atoms with van der Waals surface area (Å²) in [6.07, 6.45) is 16.2. The molecule has 9 heteroatoms. The fourth-order valence-electron chi connectivity index (χ4n) is 1.80. The summed E-state index contributed by atoms with van der Waals surface area (Å²) in [5.41, 5.74) is 0. The van der Waals surface area contributed by atoms with Crippen LogP contribution < -0.4 is 0 Å². The Morgan fingerprint density at radius 3 is 1.36 bits per heavy atom. The average molecular weight is 552 g/mol. The Bertz CT molecular complexity index is 790. The predicted octanol–water partition coefficient (Wildman–Crippen LogP) is 5.43. The zero-order chi connectivity index (χ0) is 30.9. The third kappa shape index (κ3) is 60.6. The van der Waals surface area contributed by atoms with Crippen molar-refractivity contribution in [2.24, 2.45) is 0 Å². The lowest BCUT2D eigenvalue weighted by Gasteiger charge is -1.95. The van der Waals surface area contributed by atoms with Crippen LogP contribution in [0.25, 0.3) is 0 Å². The molecule has 39 heavy (non-hydrogen) atoms. The molecule has 0 bridgehead atoms. The summed E-state index contributed by atoms with van der Waals surface area (Å²) in [5, 5.41) is 0. The van der Waals surface area contributed by atoms with Crippen molar-refractivity contribution in [3.63, 3.8) is 0 Å². The molecular formula is C30H47O9+. The summed E-state index contributed by atoms with van der Waals surface area (Å²) in [4.78, 5) is 61.9. The van der Waals surface area contributed by atoms with Crippen molar-refractivity contribution in [1.82, 2.24) is 0 Å². The number of allylic oxidation sites excluding steroid dienone is 4. The van der Waals surface area contributed by atoms with Crippen molar-refractivity contribution in [3.8, 4) is 0 Å². The lowest BCUT2D eigenvalue weighted by molar-refractivity contribution is -0.141. The molecule has 0 saturated heterocycles. The lowest BCUT2D eigenvalue weighted by atomic mass is 10.3. The number of carbonyl (C=O) groups excluding carboxylic acids is 6. The highest BCUT2D eigenvalue weighted by Gasteiger charge is 1.93. The molecule has 0 aromatic carbocycles. The minimum Gasteiger partial charge on any atom is -0.469 e. The standard InChI is InChI=1S/C9H14O3.C8H12O3.C7H11O.C6H10O2/c1-8(10)6-4-3-5-7-12-9(2)11;1-7(9)5-3-4-6-8(10)11-2;1-3-4-5-6-7(2)8;1-3-4-5-8-6(2)7/h3-4H,5-7H2,1-2H3;3-4H,5-6H2,1-2H3;4-5H,1,3,6H2,2H3;3H,1,4-5H2,2H3/q;;+1;/b2*4-3-;5-4-;. The van der Waals surface area contributed by atoms with Gasteiger partial charge in [0.2, 0.25) is 0 Å². The normalized spacial score (nSPS) is 9.69. The molecular weight excluding hydrogens is 504 g/mol. The molecule has 0 rings (SSSR count). The highest BCUT2D eigenvalue weighted by molar-refractivity contribution is 5.78. The molecule has 0 unspecified atom stereocenters. The molecule has 0 aliphatic carbocycles. The molecule has 220 valence electrons. The Balaban J connectivity index is -0.000000213. The van der Waals surface area contributed by atoms with Crippen LogP contribution in [0.2, 0.25) is 0 Å². The molecule has 0 heterocycles. The van der Waals surface area contributed by atoms with Gasteiger partial charge in [-0.2, -0.15) is 0 Å². The van der Waals surface area contributed by atoms with E-state index in [1.807, 2.05) is 18.2 Å². The van der Waals surface area contributed by atoms with Crippen molar-refractivity contribution in [2.75, 3.05) is 20.3 Å². The second-order valence-electron chi connectivity index (χ2n) is 7.75. The number of methoxy groups -OCH3 is 1. The molecule has 0 aromatic rings. The van der Waals surface area contributed by atoms with E-state index in [4.69, 9.17) is 0 Å². The number of ketones is 3. The topological polar surface area (TPSA) is 130 Å². The zero-order valence-corrected chi connectivity index (χ0v) is 24.5. The number of esters is 3. The first-order valence-electron chi connectivity index (χ1n) is 12.5. The van der Waals surface area contributed by atoms with E-state index in [-0.39, 0.29) is 41.7 Å². The number of Topliss-reactive ketones (excluding diaryl/α,β-unsaturated/α-hetero) is 3. The molecule has 0 fully saturated rings. The Kier molecular flexibility index (Phi) is 37.2. The number of rotatable bonds is 15. The zero-order valence-electron chi connectivity index (χ0n) is 24.5. The van der Waals surface area contributed by atoms with Gasteiger partial charge in [0.1, 0.15) is 23.8 Å². The van der Waals surface area contributed by atoms with Gasteiger partial charge < -0.3 is 14.2 Å². The second kappa shape index (κ2) is 34.2. The molecule has 0 spiro atoms. The third-order valence-electron chi connectivity index (χ3n) is 3.61. The van der Waals surface area contributed by atoms with Crippen molar-refractivity contribution in [3.05, 3.63) is 56.0 Å². The summed E-state index contributed by atoms with van der Waals surface area (Å²) in [6, 6.07) is 0. The largest absolute Gasteiger partial charge is 0.469 e. The number of hydrogen-bond acceptors (Lipinski definition) is 9. The van der Waals surface area contributed by atoms with Crippen molar-refractivity contribution >= 4 is 35.3 Å². The van der Waals surface area contributed by atoms with E-state index in [9.17, 15) is 28.8 Å². The number of carbonyl (C=O) groups is 6. The van der Waals surface area contributed by atoms with Crippen LogP contribution in [-0.4, -0.2) is 55.6 Å². The van der Waals surface area contributed by atoms with E-state index < -0.39 is 0 Å². The molecule has 0 aliphatic rings. The Labute approximate surface area is 234 Å². The first-order chi connectivity index (χ1) is 18.3. The van der Waals surface area contributed by atoms with Gasteiger partial charge in [-0.25, -0.2) is 0 Å². The summed E-state index contributed by atoms with van der Waals surface area (Å²) in [7, 11) is 1.33. The first kappa shape index (κ1) is 42.3. The quantitative estimate of drug-likeness (QED) is 0.0859. The fourth-order valence-corrected chi connectivity index (χ4v) is 1.80. The lowest BCUT2D eigenvalue weighted by Crippen LogP contribution is -1.98. The van der Waals surface area contributed by atoms with E-state index >= 15 is 0 Å². The minimum atomic E-state index is -0.287. The second-order valence-corrected chi connectivity index (χ2v) is 7.75. The molecule has 9 nitrogen and oxygen atoms in total. The Hall–Kier alpha value is -3.75. The van der Waals surface area contributed by atoms with Gasteiger partial charge in [0, 0.05) is 33.1 Å². The molecule has 0 aliphatic heterocycles. The van der Waals surface area contributed by atoms with Gasteiger partial charge >= 0.3 is 17.9 Å².